The van der Waals surface area contributed by atoms with Crippen molar-refractivity contribution in [3.63, 3.8) is 0 Å². The van der Waals surface area contributed by atoms with Gasteiger partial charge in [0.05, 0.1) is 31.4 Å². The Kier molecular flexibility index (Phi) is 3.74. The molecule has 1 spiro atoms. The van der Waals surface area contributed by atoms with E-state index in [2.05, 4.69) is 9.97 Å². The minimum atomic E-state index is -0.256. The first-order valence-corrected chi connectivity index (χ1v) is 8.55. The first-order valence-electron chi connectivity index (χ1n) is 7.61. The minimum absolute atomic E-state index is 0.0145. The summed E-state index contributed by atoms with van der Waals surface area (Å²) in [6.07, 6.45) is 4.39. The Labute approximate surface area is 138 Å². The standard InChI is InChI=1S/C16H17N3O3S/c20-15(14-8-23-11-18-14)19-9-16(10-19)12(3-5-22-16)7-21-13-2-1-4-17-6-13/h1-2,4,6,8,11-12H,3,5,7,9-10H2. The van der Waals surface area contributed by atoms with Gasteiger partial charge in [0.15, 0.2) is 0 Å². The van der Waals surface area contributed by atoms with Crippen LogP contribution in [0.4, 0.5) is 0 Å². The third kappa shape index (κ3) is 2.70. The van der Waals surface area contributed by atoms with E-state index in [1.807, 2.05) is 12.1 Å². The molecule has 0 aromatic carbocycles. The van der Waals surface area contributed by atoms with Gasteiger partial charge in [0.2, 0.25) is 0 Å². The van der Waals surface area contributed by atoms with Crippen LogP contribution >= 0.6 is 11.3 Å². The predicted molar refractivity (Wildman–Crippen MR) is 84.5 cm³/mol. The summed E-state index contributed by atoms with van der Waals surface area (Å²) in [6.45, 7) is 2.54. The van der Waals surface area contributed by atoms with Gasteiger partial charge in [-0.1, -0.05) is 0 Å². The molecule has 4 heterocycles. The van der Waals surface area contributed by atoms with Gasteiger partial charge in [0, 0.05) is 24.1 Å². The van der Waals surface area contributed by atoms with E-state index in [0.717, 1.165) is 18.8 Å². The number of nitrogens with zero attached hydrogens (tertiary/aromatic N) is 3. The van der Waals surface area contributed by atoms with Gasteiger partial charge in [-0.2, -0.15) is 0 Å². The van der Waals surface area contributed by atoms with Crippen molar-refractivity contribution in [2.24, 2.45) is 5.92 Å². The summed E-state index contributed by atoms with van der Waals surface area (Å²) in [6, 6.07) is 3.75. The molecule has 0 saturated carbocycles. The first kappa shape index (κ1) is 14.6. The Hall–Kier alpha value is -1.99. The van der Waals surface area contributed by atoms with E-state index in [1.165, 1.54) is 11.3 Å². The lowest BCUT2D eigenvalue weighted by Crippen LogP contribution is -2.66. The van der Waals surface area contributed by atoms with Gasteiger partial charge in [-0.3, -0.25) is 9.78 Å². The van der Waals surface area contributed by atoms with Crippen LogP contribution in [-0.4, -0.2) is 52.7 Å². The monoisotopic (exact) mass is 331 g/mol. The van der Waals surface area contributed by atoms with Gasteiger partial charge >= 0.3 is 0 Å². The summed E-state index contributed by atoms with van der Waals surface area (Å²) in [5, 5.41) is 1.78. The van der Waals surface area contributed by atoms with E-state index >= 15 is 0 Å². The van der Waals surface area contributed by atoms with Gasteiger partial charge in [0.1, 0.15) is 17.0 Å². The number of likely N-dealkylation sites (tertiary alicyclic amines) is 1. The van der Waals surface area contributed by atoms with Gasteiger partial charge in [0.25, 0.3) is 5.91 Å². The summed E-state index contributed by atoms with van der Waals surface area (Å²) >= 11 is 1.43. The predicted octanol–water partition coefficient (Wildman–Crippen LogP) is 1.85. The molecule has 7 heteroatoms. The second-order valence-corrected chi connectivity index (χ2v) is 6.65. The van der Waals surface area contributed by atoms with Crippen molar-refractivity contribution >= 4 is 17.2 Å². The van der Waals surface area contributed by atoms with E-state index in [-0.39, 0.29) is 11.5 Å². The fourth-order valence-electron chi connectivity index (χ4n) is 3.22. The molecule has 2 saturated heterocycles. The largest absolute Gasteiger partial charge is 0.492 e. The number of aromatic nitrogens is 2. The molecule has 2 aromatic heterocycles. The SMILES string of the molecule is O=C(c1cscn1)N1CC2(C1)OCCC2COc1cccnc1. The quantitative estimate of drug-likeness (QED) is 0.855. The van der Waals surface area contributed by atoms with Crippen LogP contribution in [0.1, 0.15) is 16.9 Å². The summed E-state index contributed by atoms with van der Waals surface area (Å²) in [5.74, 6) is 1.05. The second kappa shape index (κ2) is 5.90. The number of ether oxygens (including phenoxy) is 2. The smallest absolute Gasteiger partial charge is 0.273 e. The maximum atomic E-state index is 12.3. The topological polar surface area (TPSA) is 64.6 Å². The van der Waals surface area contributed by atoms with E-state index in [1.54, 1.807) is 28.2 Å². The highest BCUT2D eigenvalue weighted by molar-refractivity contribution is 7.07. The van der Waals surface area contributed by atoms with Crippen molar-refractivity contribution in [2.75, 3.05) is 26.3 Å². The average molecular weight is 331 g/mol. The molecule has 0 aliphatic carbocycles. The minimum Gasteiger partial charge on any atom is -0.492 e. The summed E-state index contributed by atoms with van der Waals surface area (Å²) < 4.78 is 11.8. The van der Waals surface area contributed by atoms with Gasteiger partial charge in [-0.25, -0.2) is 4.98 Å². The van der Waals surface area contributed by atoms with E-state index in [4.69, 9.17) is 9.47 Å². The molecule has 4 rings (SSSR count). The number of thiazole rings is 1. The molecule has 2 fully saturated rings. The van der Waals surface area contributed by atoms with Crippen LogP contribution in [0.3, 0.4) is 0 Å². The molecule has 2 aliphatic rings. The number of amides is 1. The Bertz CT molecular complexity index is 671. The highest BCUT2D eigenvalue weighted by Gasteiger charge is 2.55. The molecule has 2 aliphatic heterocycles. The normalized spacial score (nSPS) is 22.1. The second-order valence-electron chi connectivity index (χ2n) is 5.93. The number of pyridine rings is 1. The molecular weight excluding hydrogens is 314 g/mol. The maximum Gasteiger partial charge on any atom is 0.273 e. The highest BCUT2D eigenvalue weighted by Crippen LogP contribution is 2.40. The Morgan fingerprint density at radius 2 is 2.43 bits per heavy atom. The molecule has 0 radical (unpaired) electrons. The molecule has 6 nitrogen and oxygen atoms in total. The third-order valence-corrected chi connectivity index (χ3v) is 5.13. The number of rotatable bonds is 4. The first-order chi connectivity index (χ1) is 11.3. The van der Waals surface area contributed by atoms with Crippen LogP contribution in [0, 0.1) is 5.92 Å². The molecular formula is C16H17N3O3S. The zero-order valence-corrected chi connectivity index (χ0v) is 13.4. The summed E-state index contributed by atoms with van der Waals surface area (Å²) in [4.78, 5) is 22.2. The number of carbonyl (C=O) groups is 1. The van der Waals surface area contributed by atoms with Gasteiger partial charge < -0.3 is 14.4 Å². The van der Waals surface area contributed by atoms with Crippen LogP contribution in [0.15, 0.2) is 35.4 Å². The molecule has 1 atom stereocenters. The lowest BCUT2D eigenvalue weighted by molar-refractivity contribution is -0.122. The lowest BCUT2D eigenvalue weighted by atomic mass is 9.81. The number of carbonyl (C=O) groups excluding carboxylic acids is 1. The van der Waals surface area contributed by atoms with Crippen LogP contribution < -0.4 is 4.74 Å². The Balaban J connectivity index is 1.36. The van der Waals surface area contributed by atoms with E-state index in [0.29, 0.717) is 31.3 Å². The summed E-state index contributed by atoms with van der Waals surface area (Å²) in [7, 11) is 0. The van der Waals surface area contributed by atoms with Crippen LogP contribution in [0.5, 0.6) is 5.75 Å². The fourth-order valence-corrected chi connectivity index (χ4v) is 3.75. The number of hydrogen-bond donors (Lipinski definition) is 0. The fraction of sp³-hybridized carbons (Fsp3) is 0.438. The van der Waals surface area contributed by atoms with Crippen LogP contribution in [0.25, 0.3) is 0 Å². The van der Waals surface area contributed by atoms with Crippen molar-refractivity contribution in [1.29, 1.82) is 0 Å². The molecule has 23 heavy (non-hydrogen) atoms. The van der Waals surface area contributed by atoms with Crippen LogP contribution in [-0.2, 0) is 4.74 Å². The van der Waals surface area contributed by atoms with Crippen molar-refractivity contribution in [3.05, 3.63) is 41.1 Å². The van der Waals surface area contributed by atoms with E-state index < -0.39 is 0 Å². The zero-order valence-electron chi connectivity index (χ0n) is 12.6. The van der Waals surface area contributed by atoms with Gasteiger partial charge in [-0.05, 0) is 18.6 Å². The molecule has 1 amide bonds. The average Bonchev–Trinajstić information content (AvgIpc) is 3.21. The highest BCUT2D eigenvalue weighted by atomic mass is 32.1. The third-order valence-electron chi connectivity index (χ3n) is 4.54. The van der Waals surface area contributed by atoms with Crippen molar-refractivity contribution < 1.29 is 14.3 Å². The van der Waals surface area contributed by atoms with Crippen LogP contribution in [0.2, 0.25) is 0 Å². The van der Waals surface area contributed by atoms with Crippen molar-refractivity contribution in [1.82, 2.24) is 14.9 Å². The molecule has 120 valence electrons. The maximum absolute atomic E-state index is 12.3. The van der Waals surface area contributed by atoms with E-state index in [9.17, 15) is 4.79 Å². The Morgan fingerprint density at radius 1 is 1.52 bits per heavy atom. The molecule has 0 N–H and O–H groups in total. The van der Waals surface area contributed by atoms with Crippen molar-refractivity contribution in [2.45, 2.75) is 12.0 Å². The lowest BCUT2D eigenvalue weighted by Gasteiger charge is -2.49. The molecule has 0 bridgehead atoms. The van der Waals surface area contributed by atoms with Crippen molar-refractivity contribution in [3.8, 4) is 5.75 Å². The molecule has 2 aromatic rings. The zero-order chi connectivity index (χ0) is 15.7. The Morgan fingerprint density at radius 3 is 3.17 bits per heavy atom. The van der Waals surface area contributed by atoms with Gasteiger partial charge in [-0.15, -0.1) is 11.3 Å². The number of hydrogen-bond acceptors (Lipinski definition) is 6. The summed E-state index contributed by atoms with van der Waals surface area (Å²) in [5.41, 5.74) is 1.94. The molecule has 1 unspecified atom stereocenters.